The molecule has 0 radical (unpaired) electrons. The molecule has 16 nitrogen and oxygen atoms in total. The van der Waals surface area contributed by atoms with E-state index in [-0.39, 0.29) is 36.2 Å². The predicted molar refractivity (Wildman–Crippen MR) is 238 cm³/mol. The van der Waals surface area contributed by atoms with Gasteiger partial charge in [0.2, 0.25) is 23.4 Å². The van der Waals surface area contributed by atoms with Crippen LogP contribution < -0.4 is 29.6 Å². The molecule has 2 N–H and O–H groups in total. The maximum absolute atomic E-state index is 13.4. The van der Waals surface area contributed by atoms with Crippen LogP contribution in [0.5, 0.6) is 23.0 Å². The normalized spacial score (nSPS) is 14.6. The number of amides is 2. The van der Waals surface area contributed by atoms with Crippen LogP contribution >= 0.6 is 0 Å². The lowest BCUT2D eigenvalue weighted by Gasteiger charge is -2.18. The molecule has 0 aliphatic carbocycles. The molecule has 2 aromatic rings. The first-order chi connectivity index (χ1) is 30.8. The highest BCUT2D eigenvalue weighted by molar-refractivity contribution is 5.89. The molecule has 1 atom stereocenters. The summed E-state index contributed by atoms with van der Waals surface area (Å²) in [6.07, 6.45) is 5.13. The third-order valence-corrected chi connectivity index (χ3v) is 10.2. The monoisotopic (exact) mass is 900 g/mol. The summed E-state index contributed by atoms with van der Waals surface area (Å²) in [7, 11) is 0. The molecule has 0 aromatic heterocycles. The number of rotatable bonds is 36. The molecule has 16 heteroatoms. The molecule has 4 rings (SSSR count). The first-order valence-corrected chi connectivity index (χ1v) is 22.9. The predicted octanol–water partition coefficient (Wildman–Crippen LogP) is 5.86. The van der Waals surface area contributed by atoms with Gasteiger partial charge in [0.1, 0.15) is 5.78 Å². The summed E-state index contributed by atoms with van der Waals surface area (Å²) in [5, 5.41) is 5.96. The van der Waals surface area contributed by atoms with Crippen molar-refractivity contribution in [3.8, 4) is 23.0 Å². The fourth-order valence-electron chi connectivity index (χ4n) is 6.82. The van der Waals surface area contributed by atoms with E-state index in [1.807, 2.05) is 71.0 Å². The lowest BCUT2D eigenvalue weighted by molar-refractivity contribution is -0.128. The molecular formula is C48H72N2O14. The van der Waals surface area contributed by atoms with Crippen molar-refractivity contribution in [2.24, 2.45) is 0 Å². The Morgan fingerprint density at radius 2 is 0.984 bits per heavy atom. The van der Waals surface area contributed by atoms with Crippen molar-refractivity contribution >= 4 is 23.4 Å². The van der Waals surface area contributed by atoms with E-state index in [9.17, 15) is 19.2 Å². The minimum atomic E-state index is -0.736. The maximum Gasteiger partial charge on any atom is 0.246 e. The molecular weight excluding hydrogens is 829 g/mol. The number of benzene rings is 2. The van der Waals surface area contributed by atoms with E-state index < -0.39 is 17.6 Å². The Labute approximate surface area is 378 Å². The minimum absolute atomic E-state index is 0.0502. The van der Waals surface area contributed by atoms with Gasteiger partial charge >= 0.3 is 0 Å². The van der Waals surface area contributed by atoms with Crippen LogP contribution in [-0.2, 0) is 60.4 Å². The highest BCUT2D eigenvalue weighted by Crippen LogP contribution is 2.40. The lowest BCUT2D eigenvalue weighted by atomic mass is 10.0. The lowest BCUT2D eigenvalue weighted by Crippen LogP contribution is -2.41. The third kappa shape index (κ3) is 21.1. The third-order valence-electron chi connectivity index (χ3n) is 10.2. The van der Waals surface area contributed by atoms with Gasteiger partial charge in [0.25, 0.3) is 0 Å². The van der Waals surface area contributed by atoms with Gasteiger partial charge in [-0.15, -0.1) is 0 Å². The van der Waals surface area contributed by atoms with Crippen molar-refractivity contribution < 1.29 is 66.5 Å². The molecule has 2 heterocycles. The largest absolute Gasteiger partial charge is 0.449 e. The van der Waals surface area contributed by atoms with Crippen LogP contribution in [0.1, 0.15) is 104 Å². The molecule has 0 saturated carbocycles. The molecule has 2 aliphatic rings. The van der Waals surface area contributed by atoms with Gasteiger partial charge in [0.05, 0.1) is 78.7 Å². The number of aryl methyl sites for hydroxylation is 2. The van der Waals surface area contributed by atoms with Gasteiger partial charge in [-0.25, -0.2) is 0 Å². The summed E-state index contributed by atoms with van der Waals surface area (Å²) in [5.41, 5.74) is 1.93. The Morgan fingerprint density at radius 1 is 0.531 bits per heavy atom. The average Bonchev–Trinajstić information content (AvgIpc) is 3.75. The number of hydrogen-bond donors (Lipinski definition) is 2. The zero-order chi connectivity index (χ0) is 46.0. The number of nitrogens with one attached hydrogen (secondary N) is 2. The van der Waals surface area contributed by atoms with Crippen molar-refractivity contribution in [1.82, 2.24) is 10.6 Å². The summed E-state index contributed by atoms with van der Waals surface area (Å²) in [5.74, 6) is 1.15. The number of unbranched alkanes of at least 4 members (excludes halogenated alkanes) is 1. The van der Waals surface area contributed by atoms with Gasteiger partial charge < -0.3 is 58.0 Å². The Hall–Kier alpha value is -4.32. The number of ether oxygens (including phenoxy) is 10. The quantitative estimate of drug-likeness (QED) is 0.0776. The number of carbonyl (C=O) groups excluding carboxylic acids is 4. The van der Waals surface area contributed by atoms with Crippen molar-refractivity contribution in [2.45, 2.75) is 123 Å². The summed E-state index contributed by atoms with van der Waals surface area (Å²) >= 11 is 0. The summed E-state index contributed by atoms with van der Waals surface area (Å²) in [6.45, 7) is 14.9. The molecule has 2 aromatic carbocycles. The van der Waals surface area contributed by atoms with E-state index in [1.165, 1.54) is 0 Å². The van der Waals surface area contributed by atoms with Crippen molar-refractivity contribution in [2.75, 3.05) is 85.8 Å². The zero-order valence-corrected chi connectivity index (χ0v) is 38.7. The fourth-order valence-corrected chi connectivity index (χ4v) is 6.82. The average molecular weight is 901 g/mol. The second-order valence-corrected chi connectivity index (χ2v) is 16.6. The van der Waals surface area contributed by atoms with Gasteiger partial charge in [-0.1, -0.05) is 19.1 Å². The van der Waals surface area contributed by atoms with E-state index in [4.69, 9.17) is 47.4 Å². The number of hydrogen-bond acceptors (Lipinski definition) is 14. The van der Waals surface area contributed by atoms with Crippen LogP contribution in [-0.4, -0.2) is 127 Å². The van der Waals surface area contributed by atoms with Crippen LogP contribution in [0.15, 0.2) is 36.4 Å². The number of ketones is 2. The molecule has 0 fully saturated rings. The van der Waals surface area contributed by atoms with Crippen LogP contribution in [0.4, 0.5) is 0 Å². The van der Waals surface area contributed by atoms with Gasteiger partial charge in [-0.3, -0.25) is 19.2 Å². The molecule has 1 unspecified atom stereocenters. The first kappa shape index (κ1) is 52.3. The summed E-state index contributed by atoms with van der Waals surface area (Å²) in [4.78, 5) is 50.4. The Balaban J connectivity index is 1.05. The van der Waals surface area contributed by atoms with E-state index in [2.05, 4.69) is 10.6 Å². The molecule has 0 saturated heterocycles. The van der Waals surface area contributed by atoms with Crippen LogP contribution in [0.2, 0.25) is 0 Å². The Morgan fingerprint density at radius 3 is 1.48 bits per heavy atom. The van der Waals surface area contributed by atoms with Crippen molar-refractivity contribution in [1.29, 1.82) is 0 Å². The van der Waals surface area contributed by atoms with Crippen LogP contribution in [0.3, 0.4) is 0 Å². The Kier molecular flexibility index (Phi) is 23.3. The van der Waals surface area contributed by atoms with Gasteiger partial charge in [0.15, 0.2) is 28.8 Å². The Bertz CT molecular complexity index is 1730. The number of fused-ring (bicyclic) bond motifs is 2. The molecule has 2 amide bonds. The molecule has 64 heavy (non-hydrogen) atoms. The van der Waals surface area contributed by atoms with Gasteiger partial charge in [-0.2, -0.15) is 0 Å². The van der Waals surface area contributed by atoms with Crippen molar-refractivity contribution in [3.63, 3.8) is 0 Å². The maximum atomic E-state index is 13.4. The van der Waals surface area contributed by atoms with Gasteiger partial charge in [0, 0.05) is 73.0 Å². The molecule has 0 bridgehead atoms. The fraction of sp³-hybridized carbons (Fsp3) is 0.667. The van der Waals surface area contributed by atoms with Crippen LogP contribution in [0.25, 0.3) is 0 Å². The SMILES string of the molecule is CCC(=O)CCOCCOCCOCCOCCOCCOCCCC(=O)C(CCCCNC(=O)CCc1ccc2c(c1)OC(C)(C)O2)NC(=O)CCc1ccc2c(c1)OC(C)(C)O2. The summed E-state index contributed by atoms with van der Waals surface area (Å²) in [6, 6.07) is 10.7. The minimum Gasteiger partial charge on any atom is -0.449 e. The van der Waals surface area contributed by atoms with Crippen LogP contribution in [0, 0.1) is 0 Å². The molecule has 0 spiro atoms. The summed E-state index contributed by atoms with van der Waals surface area (Å²) < 4.78 is 56.3. The van der Waals surface area contributed by atoms with E-state index in [0.29, 0.717) is 167 Å². The smallest absolute Gasteiger partial charge is 0.246 e. The number of carbonyl (C=O) groups is 4. The second kappa shape index (κ2) is 28.6. The zero-order valence-electron chi connectivity index (χ0n) is 38.7. The highest BCUT2D eigenvalue weighted by Gasteiger charge is 2.32. The van der Waals surface area contributed by atoms with Crippen molar-refractivity contribution in [3.05, 3.63) is 47.5 Å². The first-order valence-electron chi connectivity index (χ1n) is 22.9. The number of Topliss-reactive ketones (excluding diaryl/α,β-unsaturated/α-hetero) is 2. The standard InChI is InChI=1S/C48H72N2O14/c1-6-38(51)20-23-56-25-27-58-29-31-60-33-32-59-30-28-57-26-24-55-22-9-11-40(52)39(50-46(54)19-15-37-13-17-42-44(35-37)64-48(4,5)62-42)10-7-8-21-49-45(53)18-14-36-12-16-41-43(34-36)63-47(2,3)61-41/h12-13,16-17,34-35,39H,6-11,14-15,18-33H2,1-5H3,(H,49,53)(H,50,54). The van der Waals surface area contributed by atoms with E-state index >= 15 is 0 Å². The van der Waals surface area contributed by atoms with E-state index in [0.717, 1.165) is 11.1 Å². The second-order valence-electron chi connectivity index (χ2n) is 16.6. The van der Waals surface area contributed by atoms with Gasteiger partial charge in [-0.05, 0) is 73.9 Å². The topological polar surface area (TPSA) is 185 Å². The molecule has 358 valence electrons. The van der Waals surface area contributed by atoms with E-state index in [1.54, 1.807) is 0 Å². The molecule has 2 aliphatic heterocycles. The highest BCUT2D eigenvalue weighted by atomic mass is 16.7.